The summed E-state index contributed by atoms with van der Waals surface area (Å²) in [6.07, 6.45) is 3.93. The number of rotatable bonds is 7. The summed E-state index contributed by atoms with van der Waals surface area (Å²) in [6.45, 7) is 5.45. The topological polar surface area (TPSA) is 63.5 Å². The number of hydrogen-bond donors (Lipinski definition) is 2. The molecule has 2 aromatic rings. The van der Waals surface area contributed by atoms with Crippen LogP contribution in [-0.4, -0.2) is 42.2 Å². The van der Waals surface area contributed by atoms with Gasteiger partial charge in [0, 0.05) is 17.3 Å². The molecule has 1 heterocycles. The van der Waals surface area contributed by atoms with Crippen LogP contribution in [0.25, 0.3) is 10.9 Å². The molecule has 5 nitrogen and oxygen atoms in total. The van der Waals surface area contributed by atoms with Crippen LogP contribution >= 0.6 is 0 Å². The van der Waals surface area contributed by atoms with Crippen LogP contribution in [0.3, 0.4) is 0 Å². The molecule has 0 amide bonds. The molecule has 0 spiro atoms. The number of likely N-dealkylation sites (N-methyl/N-ethyl adjacent to an activating group) is 1. The quantitative estimate of drug-likeness (QED) is 0.462. The number of benzene rings is 1. The summed E-state index contributed by atoms with van der Waals surface area (Å²) in [5.74, 6) is -0.309. The molecule has 1 aromatic heterocycles. The zero-order chi connectivity index (χ0) is 16.1. The Morgan fingerprint density at radius 1 is 1.55 bits per heavy atom. The van der Waals surface area contributed by atoms with Crippen molar-refractivity contribution in [1.82, 2.24) is 9.79 Å². The van der Waals surface area contributed by atoms with E-state index in [1.807, 2.05) is 30.5 Å². The van der Waals surface area contributed by atoms with Gasteiger partial charge in [-0.3, -0.25) is 4.79 Å². The highest BCUT2D eigenvalue weighted by Gasteiger charge is 2.21. The second-order valence-electron chi connectivity index (χ2n) is 5.17. The molecular weight excluding hydrogens is 279 g/mol. The molecule has 2 N–H and O–H groups in total. The van der Waals surface area contributed by atoms with E-state index in [4.69, 9.17) is 4.74 Å². The lowest BCUT2D eigenvalue weighted by molar-refractivity contribution is -0.144. The van der Waals surface area contributed by atoms with E-state index in [1.54, 1.807) is 24.4 Å². The minimum absolute atomic E-state index is 0.201. The van der Waals surface area contributed by atoms with Crippen molar-refractivity contribution < 1.29 is 14.6 Å². The molecule has 0 saturated carbocycles. The molecule has 0 aliphatic carbocycles. The van der Waals surface area contributed by atoms with Crippen LogP contribution in [0.5, 0.6) is 0 Å². The average Bonchev–Trinajstić information content (AvgIpc) is 2.89. The highest BCUT2D eigenvalue weighted by molar-refractivity contribution is 6.48. The maximum atomic E-state index is 12.0. The number of carbonyl (C=O) groups is 1. The molecular formula is C16H21BN2O3. The van der Waals surface area contributed by atoms with E-state index in [1.165, 1.54) is 0 Å². The molecule has 0 aliphatic rings. The van der Waals surface area contributed by atoms with Crippen molar-refractivity contribution in [2.75, 3.05) is 13.7 Å². The van der Waals surface area contributed by atoms with E-state index < -0.39 is 13.1 Å². The van der Waals surface area contributed by atoms with Crippen LogP contribution in [-0.2, 0) is 16.0 Å². The summed E-state index contributed by atoms with van der Waals surface area (Å²) in [7, 11) is 1.10. The van der Waals surface area contributed by atoms with E-state index in [0.717, 1.165) is 16.5 Å². The lowest BCUT2D eigenvalue weighted by Gasteiger charge is -2.14. The van der Waals surface area contributed by atoms with Gasteiger partial charge in [0.05, 0.1) is 0 Å². The van der Waals surface area contributed by atoms with Crippen molar-refractivity contribution in [3.05, 3.63) is 48.7 Å². The Labute approximate surface area is 130 Å². The van der Waals surface area contributed by atoms with Gasteiger partial charge in [-0.25, -0.2) is 0 Å². The molecule has 0 fully saturated rings. The Bertz CT molecular complexity index is 666. The van der Waals surface area contributed by atoms with Gasteiger partial charge in [0.1, 0.15) is 12.6 Å². The van der Waals surface area contributed by atoms with Crippen molar-refractivity contribution >= 4 is 23.9 Å². The molecule has 0 radical (unpaired) electrons. The van der Waals surface area contributed by atoms with Crippen molar-refractivity contribution in [3.8, 4) is 0 Å². The minimum Gasteiger partial charge on any atom is -0.460 e. The highest BCUT2D eigenvalue weighted by Crippen LogP contribution is 2.23. The third-order valence-electron chi connectivity index (χ3n) is 3.63. The number of nitrogens with zero attached hydrogens (tertiary/aromatic N) is 1. The highest BCUT2D eigenvalue weighted by atomic mass is 16.5. The van der Waals surface area contributed by atoms with Crippen molar-refractivity contribution in [1.29, 1.82) is 0 Å². The van der Waals surface area contributed by atoms with E-state index in [9.17, 15) is 9.82 Å². The SMILES string of the molecule is C=CCOC(=O)[C@H](Cc1cn(B(C)O)c2ccccc12)NC. The van der Waals surface area contributed by atoms with Crippen molar-refractivity contribution in [2.45, 2.75) is 19.3 Å². The number of hydrogen-bond acceptors (Lipinski definition) is 4. The maximum Gasteiger partial charge on any atom is 0.413 e. The molecule has 6 heteroatoms. The number of para-hydroxylation sites is 1. The summed E-state index contributed by atoms with van der Waals surface area (Å²) in [5.41, 5.74) is 1.94. The van der Waals surface area contributed by atoms with Gasteiger partial charge < -0.3 is 19.6 Å². The van der Waals surface area contributed by atoms with Gasteiger partial charge in [-0.05, 0) is 31.7 Å². The zero-order valence-electron chi connectivity index (χ0n) is 13.0. The monoisotopic (exact) mass is 300 g/mol. The summed E-state index contributed by atoms with van der Waals surface area (Å²) in [6, 6.07) is 7.39. The van der Waals surface area contributed by atoms with Gasteiger partial charge >= 0.3 is 13.0 Å². The molecule has 0 saturated heterocycles. The van der Waals surface area contributed by atoms with Gasteiger partial charge in [0.25, 0.3) is 0 Å². The molecule has 22 heavy (non-hydrogen) atoms. The van der Waals surface area contributed by atoms with Crippen LogP contribution in [0, 0.1) is 0 Å². The number of aromatic nitrogens is 1. The normalized spacial score (nSPS) is 12.1. The first kappa shape index (κ1) is 16.3. The summed E-state index contributed by atoms with van der Waals surface area (Å²) >= 11 is 0. The van der Waals surface area contributed by atoms with Crippen LogP contribution in [0.15, 0.2) is 43.1 Å². The number of fused-ring (bicyclic) bond motifs is 1. The second-order valence-corrected chi connectivity index (χ2v) is 5.17. The van der Waals surface area contributed by atoms with E-state index in [0.29, 0.717) is 6.42 Å². The lowest BCUT2D eigenvalue weighted by atomic mass is 9.88. The van der Waals surface area contributed by atoms with Crippen molar-refractivity contribution in [3.63, 3.8) is 0 Å². The third kappa shape index (κ3) is 3.40. The second kappa shape index (κ2) is 7.29. The molecule has 2 rings (SSSR count). The average molecular weight is 300 g/mol. The van der Waals surface area contributed by atoms with Crippen molar-refractivity contribution in [2.24, 2.45) is 0 Å². The molecule has 1 aromatic carbocycles. The first-order valence-electron chi connectivity index (χ1n) is 7.29. The Morgan fingerprint density at radius 3 is 2.91 bits per heavy atom. The van der Waals surface area contributed by atoms with Gasteiger partial charge in [-0.2, -0.15) is 0 Å². The van der Waals surface area contributed by atoms with E-state index in [2.05, 4.69) is 11.9 Å². The van der Waals surface area contributed by atoms with Gasteiger partial charge in [-0.1, -0.05) is 30.9 Å². The Kier molecular flexibility index (Phi) is 5.41. The fourth-order valence-corrected chi connectivity index (χ4v) is 2.51. The molecule has 0 bridgehead atoms. The number of ether oxygens (including phenoxy) is 1. The van der Waals surface area contributed by atoms with Crippen LogP contribution < -0.4 is 5.32 Å². The Balaban J connectivity index is 2.30. The zero-order valence-corrected chi connectivity index (χ0v) is 13.0. The smallest absolute Gasteiger partial charge is 0.413 e. The summed E-state index contributed by atoms with van der Waals surface area (Å²) < 4.78 is 6.91. The lowest BCUT2D eigenvalue weighted by Crippen LogP contribution is -2.37. The number of nitrogens with one attached hydrogen (secondary N) is 1. The predicted octanol–water partition coefficient (Wildman–Crippen LogP) is 1.46. The van der Waals surface area contributed by atoms with Gasteiger partial charge in [-0.15, -0.1) is 0 Å². The van der Waals surface area contributed by atoms with E-state index >= 15 is 0 Å². The van der Waals surface area contributed by atoms with Gasteiger partial charge in [0.2, 0.25) is 0 Å². The molecule has 0 unspecified atom stereocenters. The first-order chi connectivity index (χ1) is 10.6. The summed E-state index contributed by atoms with van der Waals surface area (Å²) in [4.78, 5) is 12.0. The van der Waals surface area contributed by atoms with Gasteiger partial charge in [0.15, 0.2) is 0 Å². The predicted molar refractivity (Wildman–Crippen MR) is 88.9 cm³/mol. The van der Waals surface area contributed by atoms with Crippen LogP contribution in [0.2, 0.25) is 6.82 Å². The molecule has 116 valence electrons. The van der Waals surface area contributed by atoms with E-state index in [-0.39, 0.29) is 12.6 Å². The minimum atomic E-state index is -0.626. The molecule has 1 atom stereocenters. The fourth-order valence-electron chi connectivity index (χ4n) is 2.51. The maximum absolute atomic E-state index is 12.0. The fraction of sp³-hybridized carbons (Fsp3) is 0.312. The molecule has 0 aliphatic heterocycles. The summed E-state index contributed by atoms with van der Waals surface area (Å²) in [5, 5.41) is 13.9. The number of carbonyl (C=O) groups excluding carboxylic acids is 1. The number of esters is 1. The Morgan fingerprint density at radius 2 is 2.27 bits per heavy atom. The van der Waals surface area contributed by atoms with Crippen LogP contribution in [0.4, 0.5) is 0 Å². The third-order valence-corrected chi connectivity index (χ3v) is 3.63. The Hall–Kier alpha value is -2.05. The first-order valence-corrected chi connectivity index (χ1v) is 7.29. The standard InChI is InChI=1S/C16H21BN2O3/c1-4-9-22-16(20)14(18-3)10-12-11-19(17(2)21)15-8-6-5-7-13(12)15/h4-8,11,14,18,21H,1,9-10H2,2-3H3/t14-/m0/s1. The largest absolute Gasteiger partial charge is 0.460 e. The van der Waals surface area contributed by atoms with Crippen LogP contribution in [0.1, 0.15) is 5.56 Å².